The lowest BCUT2D eigenvalue weighted by molar-refractivity contribution is 0.0767. The molecule has 0 aromatic heterocycles. The fourth-order valence-electron chi connectivity index (χ4n) is 1.65. The van der Waals surface area contributed by atoms with Gasteiger partial charge in [-0.2, -0.15) is 11.8 Å². The van der Waals surface area contributed by atoms with Crippen molar-refractivity contribution in [2.24, 2.45) is 0 Å². The summed E-state index contributed by atoms with van der Waals surface area (Å²) in [6, 6.07) is 3.03. The van der Waals surface area contributed by atoms with Crippen LogP contribution in [0, 0.1) is 5.82 Å². The summed E-state index contributed by atoms with van der Waals surface area (Å²) in [5.41, 5.74) is -0.0343. The molecule has 1 aromatic rings. The van der Waals surface area contributed by atoms with Crippen LogP contribution >= 0.6 is 39.3 Å². The molecule has 0 saturated carbocycles. The van der Waals surface area contributed by atoms with Crippen LogP contribution in [0.2, 0.25) is 5.02 Å². The van der Waals surface area contributed by atoms with Crippen LogP contribution in [-0.2, 0) is 0 Å². The number of rotatable bonds is 1. The van der Waals surface area contributed by atoms with Crippen molar-refractivity contribution >= 4 is 45.2 Å². The molecule has 0 aliphatic carbocycles. The Morgan fingerprint density at radius 1 is 1.41 bits per heavy atom. The molecule has 2 rings (SSSR count). The maximum absolute atomic E-state index is 13.9. The Morgan fingerprint density at radius 3 is 2.71 bits per heavy atom. The highest BCUT2D eigenvalue weighted by atomic mass is 79.9. The van der Waals surface area contributed by atoms with Crippen molar-refractivity contribution in [3.05, 3.63) is 33.0 Å². The van der Waals surface area contributed by atoms with Crippen molar-refractivity contribution < 1.29 is 9.18 Å². The van der Waals surface area contributed by atoms with Gasteiger partial charge in [0.05, 0.1) is 15.1 Å². The zero-order valence-corrected chi connectivity index (χ0v) is 12.0. The molecule has 0 spiro atoms. The number of amides is 1. The number of halogens is 3. The average molecular weight is 339 g/mol. The van der Waals surface area contributed by atoms with Gasteiger partial charge in [-0.1, -0.05) is 11.6 Å². The molecule has 0 radical (unpaired) electrons. The molecular formula is C11H10BrClFNOS. The van der Waals surface area contributed by atoms with E-state index in [1.807, 2.05) is 0 Å². The Morgan fingerprint density at radius 2 is 2.06 bits per heavy atom. The third-order valence-electron chi connectivity index (χ3n) is 2.56. The van der Waals surface area contributed by atoms with Gasteiger partial charge in [0.15, 0.2) is 5.82 Å². The summed E-state index contributed by atoms with van der Waals surface area (Å²) in [4.78, 5) is 13.8. The summed E-state index contributed by atoms with van der Waals surface area (Å²) >= 11 is 10.8. The largest absolute Gasteiger partial charge is 0.337 e. The monoisotopic (exact) mass is 337 g/mol. The molecule has 0 atom stereocenters. The molecule has 1 heterocycles. The normalized spacial score (nSPS) is 16.1. The Hall–Kier alpha value is -0.260. The second-order valence-electron chi connectivity index (χ2n) is 3.62. The number of carbonyl (C=O) groups excluding carboxylic acids is 1. The molecule has 92 valence electrons. The fourth-order valence-corrected chi connectivity index (χ4v) is 3.11. The van der Waals surface area contributed by atoms with Gasteiger partial charge in [0, 0.05) is 24.6 Å². The van der Waals surface area contributed by atoms with Gasteiger partial charge < -0.3 is 4.90 Å². The van der Waals surface area contributed by atoms with E-state index in [9.17, 15) is 9.18 Å². The molecule has 1 aliphatic heterocycles. The van der Waals surface area contributed by atoms with Crippen molar-refractivity contribution in [3.63, 3.8) is 0 Å². The van der Waals surface area contributed by atoms with E-state index in [-0.39, 0.29) is 21.0 Å². The lowest BCUT2D eigenvalue weighted by atomic mass is 10.2. The second kappa shape index (κ2) is 5.59. The van der Waals surface area contributed by atoms with Gasteiger partial charge in [0.2, 0.25) is 0 Å². The number of carbonyl (C=O) groups is 1. The zero-order valence-electron chi connectivity index (χ0n) is 8.88. The van der Waals surface area contributed by atoms with E-state index in [1.54, 1.807) is 16.7 Å². The SMILES string of the molecule is O=C(c1c(Cl)ccc(Br)c1F)N1CCSCC1. The summed E-state index contributed by atoms with van der Waals surface area (Å²) in [6.07, 6.45) is 0. The van der Waals surface area contributed by atoms with Gasteiger partial charge in [-0.3, -0.25) is 4.79 Å². The Bertz CT molecular complexity index is 451. The zero-order chi connectivity index (χ0) is 12.4. The van der Waals surface area contributed by atoms with Crippen LogP contribution in [0.5, 0.6) is 0 Å². The van der Waals surface area contributed by atoms with E-state index in [2.05, 4.69) is 15.9 Å². The van der Waals surface area contributed by atoms with Crippen LogP contribution in [0.25, 0.3) is 0 Å². The topological polar surface area (TPSA) is 20.3 Å². The van der Waals surface area contributed by atoms with Crippen LogP contribution in [0.1, 0.15) is 10.4 Å². The third kappa shape index (κ3) is 2.77. The molecule has 17 heavy (non-hydrogen) atoms. The Labute approximate surface area is 117 Å². The first-order chi connectivity index (χ1) is 8.11. The highest BCUT2D eigenvalue weighted by Crippen LogP contribution is 2.27. The van der Waals surface area contributed by atoms with Crippen molar-refractivity contribution in [2.45, 2.75) is 0 Å². The fraction of sp³-hybridized carbons (Fsp3) is 0.364. The Kier molecular flexibility index (Phi) is 4.33. The molecule has 1 amide bonds. The number of benzene rings is 1. The van der Waals surface area contributed by atoms with E-state index >= 15 is 0 Å². The van der Waals surface area contributed by atoms with Crippen molar-refractivity contribution in [2.75, 3.05) is 24.6 Å². The first-order valence-electron chi connectivity index (χ1n) is 5.12. The average Bonchev–Trinajstić information content (AvgIpc) is 2.35. The van der Waals surface area contributed by atoms with Crippen LogP contribution in [-0.4, -0.2) is 35.4 Å². The summed E-state index contributed by atoms with van der Waals surface area (Å²) in [6.45, 7) is 1.29. The third-order valence-corrected chi connectivity index (χ3v) is 4.43. The van der Waals surface area contributed by atoms with Crippen LogP contribution in [0.4, 0.5) is 4.39 Å². The lowest BCUT2D eigenvalue weighted by Gasteiger charge is -2.27. The number of hydrogen-bond acceptors (Lipinski definition) is 2. The van der Waals surface area contributed by atoms with Gasteiger partial charge in [-0.05, 0) is 28.1 Å². The van der Waals surface area contributed by atoms with Crippen LogP contribution < -0.4 is 0 Å². The van der Waals surface area contributed by atoms with Gasteiger partial charge in [-0.15, -0.1) is 0 Å². The standard InChI is InChI=1S/C11H10BrClFNOS/c12-7-1-2-8(13)9(10(7)14)11(16)15-3-5-17-6-4-15/h1-2H,3-6H2. The minimum absolute atomic E-state index is 0.0343. The maximum Gasteiger partial charge on any atom is 0.258 e. The van der Waals surface area contributed by atoms with Crippen molar-refractivity contribution in [3.8, 4) is 0 Å². The predicted octanol–water partition coefficient (Wildman–Crippen LogP) is 3.43. The van der Waals surface area contributed by atoms with Crippen LogP contribution in [0.15, 0.2) is 16.6 Å². The van der Waals surface area contributed by atoms with E-state index in [0.29, 0.717) is 13.1 Å². The summed E-state index contributed by atoms with van der Waals surface area (Å²) in [5.74, 6) is 0.868. The van der Waals surface area contributed by atoms with Gasteiger partial charge in [-0.25, -0.2) is 4.39 Å². The number of nitrogens with zero attached hydrogens (tertiary/aromatic N) is 1. The van der Waals surface area contributed by atoms with Crippen molar-refractivity contribution in [1.29, 1.82) is 0 Å². The summed E-state index contributed by atoms with van der Waals surface area (Å²) in [7, 11) is 0. The van der Waals surface area contributed by atoms with E-state index in [1.165, 1.54) is 12.1 Å². The van der Waals surface area contributed by atoms with Gasteiger partial charge in [0.1, 0.15) is 0 Å². The van der Waals surface area contributed by atoms with E-state index in [4.69, 9.17) is 11.6 Å². The molecule has 2 nitrogen and oxygen atoms in total. The number of hydrogen-bond donors (Lipinski definition) is 0. The van der Waals surface area contributed by atoms with Crippen molar-refractivity contribution in [1.82, 2.24) is 4.90 Å². The minimum Gasteiger partial charge on any atom is -0.337 e. The molecule has 1 saturated heterocycles. The highest BCUT2D eigenvalue weighted by Gasteiger charge is 2.24. The molecule has 6 heteroatoms. The number of thioether (sulfide) groups is 1. The molecule has 1 aromatic carbocycles. The maximum atomic E-state index is 13.9. The quantitative estimate of drug-likeness (QED) is 0.731. The second-order valence-corrected chi connectivity index (χ2v) is 6.11. The molecule has 0 unspecified atom stereocenters. The van der Waals surface area contributed by atoms with E-state index < -0.39 is 5.82 Å². The lowest BCUT2D eigenvalue weighted by Crippen LogP contribution is -2.38. The van der Waals surface area contributed by atoms with Crippen LogP contribution in [0.3, 0.4) is 0 Å². The first-order valence-corrected chi connectivity index (χ1v) is 7.44. The summed E-state index contributed by atoms with van der Waals surface area (Å²) in [5, 5.41) is 0.161. The van der Waals surface area contributed by atoms with Gasteiger partial charge >= 0.3 is 0 Å². The molecule has 0 N–H and O–H groups in total. The first kappa shape index (κ1) is 13.2. The molecule has 1 aliphatic rings. The molecular weight excluding hydrogens is 329 g/mol. The minimum atomic E-state index is -0.583. The van der Waals surface area contributed by atoms with E-state index in [0.717, 1.165) is 11.5 Å². The Balaban J connectivity index is 2.32. The molecule has 1 fully saturated rings. The molecule has 0 bridgehead atoms. The smallest absolute Gasteiger partial charge is 0.258 e. The highest BCUT2D eigenvalue weighted by molar-refractivity contribution is 9.10. The summed E-state index contributed by atoms with van der Waals surface area (Å²) < 4.78 is 14.1. The predicted molar refractivity (Wildman–Crippen MR) is 72.3 cm³/mol. The van der Waals surface area contributed by atoms with Gasteiger partial charge in [0.25, 0.3) is 5.91 Å².